The highest BCUT2D eigenvalue weighted by Gasteiger charge is 2.22. The van der Waals surface area contributed by atoms with Crippen molar-refractivity contribution >= 4 is 15.9 Å². The summed E-state index contributed by atoms with van der Waals surface area (Å²) in [6.07, 6.45) is 0. The summed E-state index contributed by atoms with van der Waals surface area (Å²) in [5.74, 6) is -1.32. The number of amides is 1. The van der Waals surface area contributed by atoms with Crippen LogP contribution in [-0.4, -0.2) is 14.3 Å². The van der Waals surface area contributed by atoms with Crippen LogP contribution < -0.4 is 4.72 Å². The molecule has 132 valence electrons. The molecule has 0 bridgehead atoms. The predicted molar refractivity (Wildman–Crippen MR) is 97.7 cm³/mol. The van der Waals surface area contributed by atoms with E-state index >= 15 is 0 Å². The van der Waals surface area contributed by atoms with Gasteiger partial charge < -0.3 is 0 Å². The third kappa shape index (κ3) is 3.81. The Kier molecular flexibility index (Phi) is 4.86. The SMILES string of the molecule is Cc1ccc(S(=O)(=O)NC(=O)c2ccc(F)cc2)c(-c2ccccc2)c1. The number of hydrogen-bond acceptors (Lipinski definition) is 3. The molecule has 0 fully saturated rings. The fourth-order valence-corrected chi connectivity index (χ4v) is 3.74. The van der Waals surface area contributed by atoms with E-state index in [2.05, 4.69) is 0 Å². The van der Waals surface area contributed by atoms with Gasteiger partial charge in [-0.1, -0.05) is 48.0 Å². The first-order chi connectivity index (χ1) is 12.4. The predicted octanol–water partition coefficient (Wildman–Crippen LogP) is 3.92. The van der Waals surface area contributed by atoms with Crippen molar-refractivity contribution in [3.05, 3.63) is 89.7 Å². The molecule has 0 aliphatic rings. The molecule has 0 unspecified atom stereocenters. The van der Waals surface area contributed by atoms with Gasteiger partial charge in [0.25, 0.3) is 15.9 Å². The number of sulfonamides is 1. The topological polar surface area (TPSA) is 63.2 Å². The highest BCUT2D eigenvalue weighted by molar-refractivity contribution is 7.90. The van der Waals surface area contributed by atoms with Gasteiger partial charge in [-0.2, -0.15) is 0 Å². The summed E-state index contributed by atoms with van der Waals surface area (Å²) < 4.78 is 40.6. The second kappa shape index (κ2) is 7.09. The Bertz CT molecular complexity index is 1050. The van der Waals surface area contributed by atoms with Crippen LogP contribution in [0.25, 0.3) is 11.1 Å². The second-order valence-corrected chi connectivity index (χ2v) is 7.46. The van der Waals surface area contributed by atoms with Gasteiger partial charge in [0.2, 0.25) is 0 Å². The number of aryl methyl sites for hydroxylation is 1. The van der Waals surface area contributed by atoms with Crippen LogP contribution in [0.4, 0.5) is 4.39 Å². The van der Waals surface area contributed by atoms with Crippen LogP contribution in [0, 0.1) is 12.7 Å². The minimum atomic E-state index is -4.11. The van der Waals surface area contributed by atoms with Gasteiger partial charge in [-0.3, -0.25) is 4.79 Å². The van der Waals surface area contributed by atoms with E-state index in [4.69, 9.17) is 0 Å². The van der Waals surface area contributed by atoms with Crippen LogP contribution in [0.3, 0.4) is 0 Å². The Morgan fingerprint density at radius 1 is 0.923 bits per heavy atom. The van der Waals surface area contributed by atoms with Crippen LogP contribution in [0.5, 0.6) is 0 Å². The standard InChI is InChI=1S/C20H16FNO3S/c1-14-7-12-19(18(13-14)15-5-3-2-4-6-15)26(24,25)22-20(23)16-8-10-17(21)11-9-16/h2-13H,1H3,(H,22,23). The minimum absolute atomic E-state index is 0.00441. The van der Waals surface area contributed by atoms with Gasteiger partial charge in [0.1, 0.15) is 5.82 Å². The molecule has 0 spiro atoms. The first kappa shape index (κ1) is 17.8. The fraction of sp³-hybridized carbons (Fsp3) is 0.0500. The van der Waals surface area contributed by atoms with Crippen molar-refractivity contribution in [3.63, 3.8) is 0 Å². The zero-order valence-corrected chi connectivity index (χ0v) is 14.8. The van der Waals surface area contributed by atoms with Crippen LogP contribution >= 0.6 is 0 Å². The maximum absolute atomic E-state index is 13.0. The van der Waals surface area contributed by atoms with E-state index in [1.165, 1.54) is 18.2 Å². The van der Waals surface area contributed by atoms with Crippen molar-refractivity contribution in [2.75, 3.05) is 0 Å². The van der Waals surface area contributed by atoms with Crippen molar-refractivity contribution in [1.82, 2.24) is 4.72 Å². The molecule has 0 aliphatic carbocycles. The van der Waals surface area contributed by atoms with Crippen LogP contribution in [-0.2, 0) is 10.0 Å². The zero-order valence-electron chi connectivity index (χ0n) is 13.9. The van der Waals surface area contributed by atoms with Crippen LogP contribution in [0.15, 0.2) is 77.7 Å². The summed E-state index contributed by atoms with van der Waals surface area (Å²) in [5.41, 5.74) is 2.19. The summed E-state index contributed by atoms with van der Waals surface area (Å²) in [6.45, 7) is 1.86. The van der Waals surface area contributed by atoms with E-state index < -0.39 is 21.7 Å². The molecule has 0 radical (unpaired) electrons. The van der Waals surface area contributed by atoms with Crippen molar-refractivity contribution in [3.8, 4) is 11.1 Å². The normalized spacial score (nSPS) is 11.2. The van der Waals surface area contributed by atoms with Crippen molar-refractivity contribution < 1.29 is 17.6 Å². The average molecular weight is 369 g/mol. The molecular weight excluding hydrogens is 353 g/mol. The lowest BCUT2D eigenvalue weighted by Crippen LogP contribution is -2.31. The third-order valence-electron chi connectivity index (χ3n) is 3.84. The molecule has 0 saturated carbocycles. The molecule has 4 nitrogen and oxygen atoms in total. The quantitative estimate of drug-likeness (QED) is 0.758. The molecule has 3 aromatic carbocycles. The van der Waals surface area contributed by atoms with Gasteiger partial charge in [0.15, 0.2) is 0 Å². The molecule has 3 rings (SSSR count). The summed E-state index contributed by atoms with van der Waals surface area (Å²) in [7, 11) is -4.11. The Labute approximate surface area is 151 Å². The Morgan fingerprint density at radius 3 is 2.23 bits per heavy atom. The largest absolute Gasteiger partial charge is 0.268 e. The maximum atomic E-state index is 13.0. The number of carbonyl (C=O) groups excluding carboxylic acids is 1. The first-order valence-electron chi connectivity index (χ1n) is 7.85. The first-order valence-corrected chi connectivity index (χ1v) is 9.34. The minimum Gasteiger partial charge on any atom is -0.268 e. The Hall–Kier alpha value is -2.99. The summed E-state index contributed by atoms with van der Waals surface area (Å²) in [6, 6.07) is 18.6. The monoisotopic (exact) mass is 369 g/mol. The van der Waals surface area contributed by atoms with Gasteiger partial charge in [0, 0.05) is 11.1 Å². The van der Waals surface area contributed by atoms with Crippen molar-refractivity contribution in [2.45, 2.75) is 11.8 Å². The molecule has 0 saturated heterocycles. The van der Waals surface area contributed by atoms with Crippen LogP contribution in [0.1, 0.15) is 15.9 Å². The highest BCUT2D eigenvalue weighted by atomic mass is 32.2. The fourth-order valence-electron chi connectivity index (χ4n) is 2.56. The van der Waals surface area contributed by atoms with Crippen LogP contribution in [0.2, 0.25) is 0 Å². The highest BCUT2D eigenvalue weighted by Crippen LogP contribution is 2.28. The molecule has 0 aliphatic heterocycles. The number of carbonyl (C=O) groups is 1. The zero-order chi connectivity index (χ0) is 18.7. The summed E-state index contributed by atoms with van der Waals surface area (Å²) >= 11 is 0. The van der Waals surface area contributed by atoms with Crippen molar-refractivity contribution in [2.24, 2.45) is 0 Å². The molecule has 1 N–H and O–H groups in total. The molecule has 0 atom stereocenters. The lowest BCUT2D eigenvalue weighted by atomic mass is 10.0. The Morgan fingerprint density at radius 2 is 1.58 bits per heavy atom. The number of halogens is 1. The molecule has 0 aromatic heterocycles. The van der Waals surface area contributed by atoms with E-state index in [0.29, 0.717) is 5.56 Å². The lowest BCUT2D eigenvalue weighted by Gasteiger charge is -2.13. The van der Waals surface area contributed by atoms with E-state index in [1.54, 1.807) is 24.3 Å². The third-order valence-corrected chi connectivity index (χ3v) is 5.23. The van der Waals surface area contributed by atoms with E-state index in [-0.39, 0.29) is 10.5 Å². The molecule has 26 heavy (non-hydrogen) atoms. The summed E-state index contributed by atoms with van der Waals surface area (Å²) in [4.78, 5) is 12.3. The average Bonchev–Trinajstić information content (AvgIpc) is 2.62. The molecule has 3 aromatic rings. The van der Waals surface area contributed by atoms with Gasteiger partial charge in [-0.05, 0) is 42.8 Å². The van der Waals surface area contributed by atoms with E-state index in [9.17, 15) is 17.6 Å². The molecular formula is C20H16FNO3S. The maximum Gasteiger partial charge on any atom is 0.265 e. The molecule has 1 amide bonds. The van der Waals surface area contributed by atoms with Gasteiger partial charge >= 0.3 is 0 Å². The lowest BCUT2D eigenvalue weighted by molar-refractivity contribution is 0.0981. The molecule has 6 heteroatoms. The number of hydrogen-bond donors (Lipinski definition) is 1. The smallest absolute Gasteiger partial charge is 0.265 e. The van der Waals surface area contributed by atoms with E-state index in [1.807, 2.05) is 29.8 Å². The van der Waals surface area contributed by atoms with Crippen molar-refractivity contribution in [1.29, 1.82) is 0 Å². The van der Waals surface area contributed by atoms with Gasteiger partial charge in [-0.15, -0.1) is 0 Å². The Balaban J connectivity index is 2.00. The molecule has 0 heterocycles. The van der Waals surface area contributed by atoms with Gasteiger partial charge in [0.05, 0.1) is 4.90 Å². The number of nitrogens with one attached hydrogen (secondary N) is 1. The number of benzene rings is 3. The van der Waals surface area contributed by atoms with E-state index in [0.717, 1.165) is 23.3 Å². The second-order valence-electron chi connectivity index (χ2n) is 5.81. The number of rotatable bonds is 4. The van der Waals surface area contributed by atoms with Gasteiger partial charge in [-0.25, -0.2) is 17.5 Å². The summed E-state index contributed by atoms with van der Waals surface area (Å²) in [5, 5.41) is 0.